The average Bonchev–Trinajstić information content (AvgIpc) is 2.85. The number of nitrogens with two attached hydrogens (primary N) is 1. The van der Waals surface area contributed by atoms with E-state index in [0.717, 1.165) is 17.2 Å². The normalized spacial score (nSPS) is 17.5. The highest BCUT2D eigenvalue weighted by Gasteiger charge is 2.26. The van der Waals surface area contributed by atoms with Gasteiger partial charge in [-0.3, -0.25) is 0 Å². The lowest BCUT2D eigenvalue weighted by atomic mass is 10.3. The lowest BCUT2D eigenvalue weighted by molar-refractivity contribution is 0.387. The van der Waals surface area contributed by atoms with Gasteiger partial charge in [0.1, 0.15) is 5.65 Å². The van der Waals surface area contributed by atoms with Gasteiger partial charge in [-0.2, -0.15) is 4.31 Å². The highest BCUT2D eigenvalue weighted by atomic mass is 32.2. The minimum absolute atomic E-state index is 0.396. The topological polar surface area (TPSA) is 83.9 Å². The molecule has 21 heavy (non-hydrogen) atoms. The smallest absolute Gasteiger partial charge is 0.211 e. The average molecular weight is 309 g/mol. The number of rotatable bonds is 3. The van der Waals surface area contributed by atoms with Crippen LogP contribution in [-0.4, -0.2) is 54.5 Å². The molecule has 1 fully saturated rings. The third-order valence-electron chi connectivity index (χ3n) is 3.81. The summed E-state index contributed by atoms with van der Waals surface area (Å²) >= 11 is 0. The molecular formula is C13H19N5O2S. The van der Waals surface area contributed by atoms with E-state index in [2.05, 4.69) is 9.88 Å². The van der Waals surface area contributed by atoms with Crippen LogP contribution in [0, 0.1) is 0 Å². The van der Waals surface area contributed by atoms with E-state index < -0.39 is 10.0 Å². The number of nitrogens with zero attached hydrogens (tertiary/aromatic N) is 4. The van der Waals surface area contributed by atoms with Gasteiger partial charge in [-0.1, -0.05) is 6.07 Å². The van der Waals surface area contributed by atoms with Gasteiger partial charge >= 0.3 is 0 Å². The third kappa shape index (κ3) is 2.61. The molecule has 1 aliphatic heterocycles. The summed E-state index contributed by atoms with van der Waals surface area (Å²) in [6, 6.07) is 5.82. The Bertz CT molecular complexity index is 747. The fourth-order valence-corrected chi connectivity index (χ4v) is 3.54. The maximum atomic E-state index is 11.6. The van der Waals surface area contributed by atoms with E-state index in [4.69, 9.17) is 5.73 Å². The van der Waals surface area contributed by atoms with Gasteiger partial charge in [-0.05, 0) is 12.1 Å². The van der Waals surface area contributed by atoms with Crippen LogP contribution in [0.2, 0.25) is 0 Å². The minimum atomic E-state index is -3.12. The molecule has 0 spiro atoms. The molecular weight excluding hydrogens is 290 g/mol. The fraction of sp³-hybridized carbons (Fsp3) is 0.462. The van der Waals surface area contributed by atoms with Crippen molar-refractivity contribution in [2.45, 2.75) is 6.54 Å². The van der Waals surface area contributed by atoms with Crippen LogP contribution in [0.5, 0.6) is 0 Å². The number of pyridine rings is 1. The maximum Gasteiger partial charge on any atom is 0.211 e. The molecule has 7 nitrogen and oxygen atoms in total. The Balaban J connectivity index is 1.89. The van der Waals surface area contributed by atoms with Gasteiger partial charge in [0.25, 0.3) is 0 Å². The molecule has 0 atom stereocenters. The second-order valence-electron chi connectivity index (χ2n) is 5.16. The molecule has 0 radical (unpaired) electrons. The number of hydrogen-bond donors (Lipinski definition) is 1. The van der Waals surface area contributed by atoms with Crippen LogP contribution >= 0.6 is 0 Å². The fourth-order valence-electron chi connectivity index (χ4n) is 2.71. The summed E-state index contributed by atoms with van der Waals surface area (Å²) in [6.07, 6.45) is 3.19. The number of anilines is 1. The molecule has 2 N–H and O–H groups in total. The Kier molecular flexibility index (Phi) is 3.60. The predicted molar refractivity (Wildman–Crippen MR) is 81.7 cm³/mol. The van der Waals surface area contributed by atoms with Gasteiger partial charge < -0.3 is 15.0 Å². The summed E-state index contributed by atoms with van der Waals surface area (Å²) in [5.41, 5.74) is 7.69. The van der Waals surface area contributed by atoms with Crippen LogP contribution in [0.4, 0.5) is 5.82 Å². The number of piperazine rings is 1. The summed E-state index contributed by atoms with van der Waals surface area (Å²) in [6.45, 7) is 2.62. The van der Waals surface area contributed by atoms with Crippen molar-refractivity contribution in [3.63, 3.8) is 0 Å². The first kappa shape index (κ1) is 14.3. The van der Waals surface area contributed by atoms with Crippen molar-refractivity contribution in [1.82, 2.24) is 13.7 Å². The van der Waals surface area contributed by atoms with Gasteiger partial charge in [-0.15, -0.1) is 0 Å². The quantitative estimate of drug-likeness (QED) is 0.854. The second kappa shape index (κ2) is 5.28. The molecule has 3 rings (SSSR count). The lowest BCUT2D eigenvalue weighted by Gasteiger charge is -2.33. The van der Waals surface area contributed by atoms with Gasteiger partial charge in [0.2, 0.25) is 10.0 Å². The van der Waals surface area contributed by atoms with Crippen LogP contribution in [0.15, 0.2) is 24.4 Å². The van der Waals surface area contributed by atoms with Gasteiger partial charge in [-0.25, -0.2) is 13.4 Å². The molecule has 2 aromatic rings. The van der Waals surface area contributed by atoms with Crippen molar-refractivity contribution < 1.29 is 8.42 Å². The zero-order valence-electron chi connectivity index (χ0n) is 11.9. The Morgan fingerprint density at radius 1 is 1.24 bits per heavy atom. The Labute approximate surface area is 124 Å². The van der Waals surface area contributed by atoms with Crippen LogP contribution in [0.25, 0.3) is 5.65 Å². The molecule has 114 valence electrons. The second-order valence-corrected chi connectivity index (χ2v) is 7.15. The largest absolute Gasteiger partial charge is 0.352 e. The van der Waals surface area contributed by atoms with Crippen LogP contribution < -0.4 is 10.6 Å². The van der Waals surface area contributed by atoms with Crippen molar-refractivity contribution in [3.05, 3.63) is 30.1 Å². The molecule has 0 aliphatic carbocycles. The summed E-state index contributed by atoms with van der Waals surface area (Å²) in [4.78, 5) is 6.74. The molecule has 3 heterocycles. The first-order valence-electron chi connectivity index (χ1n) is 6.87. The molecule has 0 amide bonds. The molecule has 0 saturated carbocycles. The molecule has 8 heteroatoms. The van der Waals surface area contributed by atoms with Gasteiger partial charge in [0.15, 0.2) is 5.82 Å². The van der Waals surface area contributed by atoms with E-state index in [9.17, 15) is 8.42 Å². The number of fused-ring (bicyclic) bond motifs is 1. The van der Waals surface area contributed by atoms with Crippen molar-refractivity contribution in [2.75, 3.05) is 37.3 Å². The molecule has 0 unspecified atom stereocenters. The number of aromatic nitrogens is 2. The highest BCUT2D eigenvalue weighted by Crippen LogP contribution is 2.23. The number of sulfonamides is 1. The summed E-state index contributed by atoms with van der Waals surface area (Å²) in [5, 5.41) is 0. The van der Waals surface area contributed by atoms with Crippen LogP contribution in [0.3, 0.4) is 0 Å². The van der Waals surface area contributed by atoms with Gasteiger partial charge in [0.05, 0.1) is 11.9 Å². The molecule has 0 bridgehead atoms. The maximum absolute atomic E-state index is 11.6. The van der Waals surface area contributed by atoms with Crippen LogP contribution in [-0.2, 0) is 16.6 Å². The third-order valence-corrected chi connectivity index (χ3v) is 5.11. The first-order chi connectivity index (χ1) is 10.0. The first-order valence-corrected chi connectivity index (χ1v) is 8.71. The monoisotopic (exact) mass is 309 g/mol. The van der Waals surface area contributed by atoms with E-state index in [1.54, 1.807) is 0 Å². The van der Waals surface area contributed by atoms with E-state index in [-0.39, 0.29) is 0 Å². The molecule has 1 saturated heterocycles. The van der Waals surface area contributed by atoms with Crippen molar-refractivity contribution in [2.24, 2.45) is 5.73 Å². The van der Waals surface area contributed by atoms with Crippen molar-refractivity contribution in [1.29, 1.82) is 0 Å². The Morgan fingerprint density at radius 3 is 2.57 bits per heavy atom. The van der Waals surface area contributed by atoms with Crippen molar-refractivity contribution in [3.8, 4) is 0 Å². The number of hydrogen-bond acceptors (Lipinski definition) is 5. The Morgan fingerprint density at radius 2 is 1.95 bits per heavy atom. The summed E-state index contributed by atoms with van der Waals surface area (Å²) < 4.78 is 26.6. The lowest BCUT2D eigenvalue weighted by Crippen LogP contribution is -2.48. The highest BCUT2D eigenvalue weighted by molar-refractivity contribution is 7.88. The van der Waals surface area contributed by atoms with E-state index in [0.29, 0.717) is 32.7 Å². The zero-order valence-corrected chi connectivity index (χ0v) is 12.8. The Hall–Kier alpha value is -1.64. The van der Waals surface area contributed by atoms with E-state index in [1.165, 1.54) is 10.6 Å². The zero-order chi connectivity index (χ0) is 15.0. The summed E-state index contributed by atoms with van der Waals surface area (Å²) in [5.74, 6) is 0.858. The molecule has 1 aliphatic rings. The van der Waals surface area contributed by atoms with Crippen molar-refractivity contribution >= 4 is 21.5 Å². The standard InChI is InChI=1S/C13H19N5O2S/c1-21(19,20)17-8-6-16(7-9-17)13-11(10-14)18-5-3-2-4-12(18)15-13/h2-5H,6-10,14H2,1H3. The molecule has 2 aromatic heterocycles. The predicted octanol–water partition coefficient (Wildman–Crippen LogP) is -0.125. The van der Waals surface area contributed by atoms with Gasteiger partial charge in [0, 0.05) is 38.9 Å². The summed E-state index contributed by atoms with van der Waals surface area (Å²) in [7, 11) is -3.12. The number of imidazole rings is 1. The van der Waals surface area contributed by atoms with Crippen LogP contribution in [0.1, 0.15) is 5.69 Å². The minimum Gasteiger partial charge on any atom is -0.352 e. The van der Waals surface area contributed by atoms with E-state index >= 15 is 0 Å². The molecule has 0 aromatic carbocycles. The SMILES string of the molecule is CS(=O)(=O)N1CCN(c2nc3ccccn3c2CN)CC1. The van der Waals surface area contributed by atoms with E-state index in [1.807, 2.05) is 28.8 Å².